The van der Waals surface area contributed by atoms with Gasteiger partial charge in [0.05, 0.1) is 29.3 Å². The van der Waals surface area contributed by atoms with Gasteiger partial charge in [0.1, 0.15) is 11.2 Å². The Hall–Kier alpha value is -1.31. The summed E-state index contributed by atoms with van der Waals surface area (Å²) in [5.41, 5.74) is 0.612. The summed E-state index contributed by atoms with van der Waals surface area (Å²) in [5.74, 6) is -0.529. The molecular weight excluding hydrogens is 251 g/mol. The molecule has 6 heteroatoms. The lowest BCUT2D eigenvalue weighted by molar-refractivity contribution is 0.0525. The number of carbonyl (C=O) groups is 1. The minimum absolute atomic E-state index is 0.0274. The molecule has 0 unspecified atom stereocenters. The van der Waals surface area contributed by atoms with E-state index in [9.17, 15) is 4.79 Å². The van der Waals surface area contributed by atoms with E-state index in [0.29, 0.717) is 5.69 Å². The Bertz CT molecular complexity index is 455. The fraction of sp³-hybridized carbons (Fsp3) is 0.300. The predicted octanol–water partition coefficient (Wildman–Crippen LogP) is 2.52. The Morgan fingerprint density at radius 2 is 2.38 bits per heavy atom. The smallest absolute Gasteiger partial charge is 0.340 e. The van der Waals surface area contributed by atoms with Gasteiger partial charge in [-0.05, 0) is 13.0 Å². The Kier molecular flexibility index (Phi) is 4.53. The molecule has 0 aromatic carbocycles. The van der Waals surface area contributed by atoms with Crippen molar-refractivity contribution in [2.24, 2.45) is 0 Å². The molecule has 0 aliphatic heterocycles. The standard InChI is InChI=1S/C10H8Cl2N2O2/c1-2-16-10(15)7-3-6(5-13)9(12)14-8(7)4-11/h3H,2,4H2,1H3. The average Bonchev–Trinajstić information content (AvgIpc) is 2.28. The molecule has 0 spiro atoms. The number of pyridine rings is 1. The molecule has 0 fully saturated rings. The Morgan fingerprint density at radius 1 is 1.69 bits per heavy atom. The normalized spacial score (nSPS) is 9.62. The van der Waals surface area contributed by atoms with Gasteiger partial charge in [0, 0.05) is 0 Å². The van der Waals surface area contributed by atoms with E-state index in [0.717, 1.165) is 0 Å². The Balaban J connectivity index is 3.26. The second-order valence-electron chi connectivity index (χ2n) is 2.79. The third-order valence-electron chi connectivity index (χ3n) is 1.80. The molecule has 0 N–H and O–H groups in total. The molecule has 0 saturated heterocycles. The van der Waals surface area contributed by atoms with E-state index in [2.05, 4.69) is 4.98 Å². The van der Waals surface area contributed by atoms with Crippen LogP contribution in [0.1, 0.15) is 28.5 Å². The number of hydrogen-bond donors (Lipinski definition) is 0. The highest BCUT2D eigenvalue weighted by Crippen LogP contribution is 2.19. The third-order valence-corrected chi connectivity index (χ3v) is 2.34. The van der Waals surface area contributed by atoms with Crippen LogP contribution in [0.5, 0.6) is 0 Å². The molecule has 1 heterocycles. The summed E-state index contributed by atoms with van der Waals surface area (Å²) in [4.78, 5) is 15.4. The van der Waals surface area contributed by atoms with Gasteiger partial charge >= 0.3 is 5.97 Å². The van der Waals surface area contributed by atoms with Crippen molar-refractivity contribution in [3.63, 3.8) is 0 Å². The first-order valence-electron chi connectivity index (χ1n) is 4.46. The van der Waals surface area contributed by atoms with Crippen molar-refractivity contribution in [1.82, 2.24) is 4.98 Å². The largest absolute Gasteiger partial charge is 0.462 e. The number of aromatic nitrogens is 1. The van der Waals surface area contributed by atoms with Crippen LogP contribution >= 0.6 is 23.2 Å². The zero-order chi connectivity index (χ0) is 12.1. The van der Waals surface area contributed by atoms with E-state index in [1.54, 1.807) is 6.92 Å². The molecule has 0 aliphatic rings. The van der Waals surface area contributed by atoms with Gasteiger partial charge < -0.3 is 4.74 Å². The van der Waals surface area contributed by atoms with Gasteiger partial charge in [-0.1, -0.05) is 11.6 Å². The molecular formula is C10H8Cl2N2O2. The maximum absolute atomic E-state index is 11.5. The number of rotatable bonds is 3. The highest BCUT2D eigenvalue weighted by molar-refractivity contribution is 6.30. The molecule has 4 nitrogen and oxygen atoms in total. The lowest BCUT2D eigenvalue weighted by Crippen LogP contribution is -2.10. The second-order valence-corrected chi connectivity index (χ2v) is 3.41. The first-order valence-corrected chi connectivity index (χ1v) is 5.37. The van der Waals surface area contributed by atoms with Crippen LogP contribution < -0.4 is 0 Å². The number of carbonyl (C=O) groups excluding carboxylic acids is 1. The van der Waals surface area contributed by atoms with Crippen molar-refractivity contribution < 1.29 is 9.53 Å². The first kappa shape index (κ1) is 12.8. The first-order chi connectivity index (χ1) is 7.63. The van der Waals surface area contributed by atoms with E-state index in [-0.39, 0.29) is 28.8 Å². The molecule has 16 heavy (non-hydrogen) atoms. The SMILES string of the molecule is CCOC(=O)c1cc(C#N)c(Cl)nc1CCl. The topological polar surface area (TPSA) is 63.0 Å². The Morgan fingerprint density at radius 3 is 2.88 bits per heavy atom. The molecule has 0 radical (unpaired) electrons. The van der Waals surface area contributed by atoms with E-state index in [4.69, 9.17) is 33.2 Å². The maximum Gasteiger partial charge on any atom is 0.340 e. The monoisotopic (exact) mass is 258 g/mol. The highest BCUT2D eigenvalue weighted by atomic mass is 35.5. The summed E-state index contributed by atoms with van der Waals surface area (Å²) in [6.07, 6.45) is 0. The van der Waals surface area contributed by atoms with Crippen LogP contribution in [0.25, 0.3) is 0 Å². The van der Waals surface area contributed by atoms with E-state index in [1.165, 1.54) is 6.07 Å². The van der Waals surface area contributed by atoms with Crippen molar-refractivity contribution in [3.8, 4) is 6.07 Å². The summed E-state index contributed by atoms with van der Waals surface area (Å²) in [6.45, 7) is 1.93. The maximum atomic E-state index is 11.5. The van der Waals surface area contributed by atoms with Gasteiger partial charge in [-0.3, -0.25) is 0 Å². The Labute approximate surface area is 103 Å². The van der Waals surface area contributed by atoms with Crippen molar-refractivity contribution >= 4 is 29.2 Å². The van der Waals surface area contributed by atoms with E-state index < -0.39 is 5.97 Å². The zero-order valence-corrected chi connectivity index (χ0v) is 9.97. The third kappa shape index (κ3) is 2.63. The van der Waals surface area contributed by atoms with Crippen LogP contribution in [0.15, 0.2) is 6.07 Å². The van der Waals surface area contributed by atoms with Gasteiger partial charge in [-0.15, -0.1) is 11.6 Å². The molecule has 84 valence electrons. The molecule has 0 aliphatic carbocycles. The number of nitrogens with zero attached hydrogens (tertiary/aromatic N) is 2. The van der Waals surface area contributed by atoms with E-state index in [1.807, 2.05) is 6.07 Å². The van der Waals surface area contributed by atoms with Gasteiger partial charge in [0.25, 0.3) is 0 Å². The van der Waals surface area contributed by atoms with Crippen LogP contribution in [-0.2, 0) is 10.6 Å². The van der Waals surface area contributed by atoms with Crippen molar-refractivity contribution in [3.05, 3.63) is 28.0 Å². The molecule has 1 aromatic heterocycles. The quantitative estimate of drug-likeness (QED) is 0.475. The minimum Gasteiger partial charge on any atom is -0.462 e. The lowest BCUT2D eigenvalue weighted by atomic mass is 10.1. The molecule has 0 amide bonds. The number of alkyl halides is 1. The number of nitriles is 1. The summed E-state index contributed by atoms with van der Waals surface area (Å²) in [5, 5.41) is 8.79. The molecule has 0 saturated carbocycles. The number of hydrogen-bond acceptors (Lipinski definition) is 4. The highest BCUT2D eigenvalue weighted by Gasteiger charge is 2.16. The lowest BCUT2D eigenvalue weighted by Gasteiger charge is -2.07. The van der Waals surface area contributed by atoms with Crippen molar-refractivity contribution in [2.75, 3.05) is 6.61 Å². The minimum atomic E-state index is -0.557. The number of halogens is 2. The summed E-state index contributed by atoms with van der Waals surface area (Å²) < 4.78 is 4.82. The fourth-order valence-electron chi connectivity index (χ4n) is 1.09. The van der Waals surface area contributed by atoms with Gasteiger partial charge in [-0.2, -0.15) is 5.26 Å². The van der Waals surface area contributed by atoms with Crippen LogP contribution in [-0.4, -0.2) is 17.6 Å². The summed E-state index contributed by atoms with van der Waals surface area (Å²) in [6, 6.07) is 3.18. The number of ether oxygens (including phenoxy) is 1. The van der Waals surface area contributed by atoms with Gasteiger partial charge in [-0.25, -0.2) is 9.78 Å². The van der Waals surface area contributed by atoms with E-state index >= 15 is 0 Å². The summed E-state index contributed by atoms with van der Waals surface area (Å²) >= 11 is 11.3. The molecule has 1 rings (SSSR count). The van der Waals surface area contributed by atoms with Gasteiger partial charge in [0.15, 0.2) is 0 Å². The second kappa shape index (κ2) is 5.69. The van der Waals surface area contributed by atoms with Crippen molar-refractivity contribution in [2.45, 2.75) is 12.8 Å². The van der Waals surface area contributed by atoms with Gasteiger partial charge in [0.2, 0.25) is 0 Å². The van der Waals surface area contributed by atoms with Crippen LogP contribution in [0.2, 0.25) is 5.15 Å². The zero-order valence-electron chi connectivity index (χ0n) is 8.46. The van der Waals surface area contributed by atoms with Crippen LogP contribution in [0.4, 0.5) is 0 Å². The van der Waals surface area contributed by atoms with Crippen molar-refractivity contribution in [1.29, 1.82) is 5.26 Å². The fourth-order valence-corrected chi connectivity index (χ4v) is 1.49. The average molecular weight is 259 g/mol. The molecule has 0 bridgehead atoms. The molecule has 1 aromatic rings. The summed E-state index contributed by atoms with van der Waals surface area (Å²) in [7, 11) is 0. The predicted molar refractivity (Wildman–Crippen MR) is 59.5 cm³/mol. The molecule has 0 atom stereocenters. The van der Waals surface area contributed by atoms with Crippen LogP contribution in [0, 0.1) is 11.3 Å². The number of esters is 1. The van der Waals surface area contributed by atoms with Crippen LogP contribution in [0.3, 0.4) is 0 Å².